The standard InChI is InChI=1S/C11H18N4O/c1-3-12-10-9(16-2)11(14-7-13-10)15-8-5-4-6-8/h7-8H,3-6H2,1-2H3,(H2,12,13,14,15). The molecule has 88 valence electrons. The van der Waals surface area contributed by atoms with Gasteiger partial charge in [0.2, 0.25) is 5.75 Å². The molecular formula is C11H18N4O. The summed E-state index contributed by atoms with van der Waals surface area (Å²) in [6, 6.07) is 0.540. The second kappa shape index (κ2) is 5.01. The van der Waals surface area contributed by atoms with Crippen molar-refractivity contribution in [2.45, 2.75) is 32.2 Å². The predicted octanol–water partition coefficient (Wildman–Crippen LogP) is 1.88. The molecule has 1 aliphatic rings. The third-order valence-corrected chi connectivity index (χ3v) is 2.80. The van der Waals surface area contributed by atoms with Crippen molar-refractivity contribution in [2.75, 3.05) is 24.3 Å². The maximum Gasteiger partial charge on any atom is 0.204 e. The highest BCUT2D eigenvalue weighted by atomic mass is 16.5. The van der Waals surface area contributed by atoms with Gasteiger partial charge in [0.15, 0.2) is 11.6 Å². The molecule has 0 amide bonds. The number of nitrogens with one attached hydrogen (secondary N) is 2. The third kappa shape index (κ3) is 2.18. The minimum atomic E-state index is 0.540. The number of aromatic nitrogens is 2. The summed E-state index contributed by atoms with van der Waals surface area (Å²) >= 11 is 0. The summed E-state index contributed by atoms with van der Waals surface area (Å²) in [6.45, 7) is 2.84. The van der Waals surface area contributed by atoms with Crippen LogP contribution in [0.2, 0.25) is 0 Å². The number of hydrogen-bond donors (Lipinski definition) is 2. The zero-order valence-corrected chi connectivity index (χ0v) is 9.79. The highest BCUT2D eigenvalue weighted by Crippen LogP contribution is 2.32. The van der Waals surface area contributed by atoms with Gasteiger partial charge < -0.3 is 15.4 Å². The fourth-order valence-corrected chi connectivity index (χ4v) is 1.71. The lowest BCUT2D eigenvalue weighted by Gasteiger charge is -2.27. The van der Waals surface area contributed by atoms with Crippen LogP contribution in [0.15, 0.2) is 6.33 Å². The molecule has 1 heterocycles. The molecule has 0 unspecified atom stereocenters. The second-order valence-electron chi connectivity index (χ2n) is 3.91. The molecule has 0 saturated heterocycles. The van der Waals surface area contributed by atoms with Crippen LogP contribution in [0.3, 0.4) is 0 Å². The van der Waals surface area contributed by atoms with Crippen LogP contribution in [0, 0.1) is 0 Å². The van der Waals surface area contributed by atoms with Gasteiger partial charge in [0.25, 0.3) is 0 Å². The molecule has 0 aliphatic heterocycles. The minimum Gasteiger partial charge on any atom is -0.490 e. The average Bonchev–Trinajstić information content (AvgIpc) is 2.24. The van der Waals surface area contributed by atoms with Crippen molar-refractivity contribution in [3.63, 3.8) is 0 Å². The molecule has 0 spiro atoms. The van der Waals surface area contributed by atoms with Crippen molar-refractivity contribution in [3.05, 3.63) is 6.33 Å². The summed E-state index contributed by atoms with van der Waals surface area (Å²) in [7, 11) is 1.64. The Kier molecular flexibility index (Phi) is 3.44. The first-order valence-corrected chi connectivity index (χ1v) is 5.74. The van der Waals surface area contributed by atoms with E-state index in [1.54, 1.807) is 13.4 Å². The Morgan fingerprint density at radius 1 is 1.38 bits per heavy atom. The number of nitrogens with zero attached hydrogens (tertiary/aromatic N) is 2. The molecule has 1 aliphatic carbocycles. The van der Waals surface area contributed by atoms with E-state index < -0.39 is 0 Å². The van der Waals surface area contributed by atoms with Gasteiger partial charge in [0, 0.05) is 12.6 Å². The molecule has 0 aromatic carbocycles. The normalized spacial score (nSPS) is 15.4. The zero-order chi connectivity index (χ0) is 11.4. The highest BCUT2D eigenvalue weighted by Gasteiger charge is 2.20. The van der Waals surface area contributed by atoms with Crippen LogP contribution < -0.4 is 15.4 Å². The van der Waals surface area contributed by atoms with Gasteiger partial charge in [-0.2, -0.15) is 0 Å². The Morgan fingerprint density at radius 3 is 2.69 bits per heavy atom. The van der Waals surface area contributed by atoms with E-state index in [1.165, 1.54) is 19.3 Å². The molecule has 2 rings (SSSR count). The first kappa shape index (κ1) is 11.0. The van der Waals surface area contributed by atoms with E-state index in [2.05, 4.69) is 20.6 Å². The van der Waals surface area contributed by atoms with Crippen LogP contribution in [-0.4, -0.2) is 29.7 Å². The molecule has 2 N–H and O–H groups in total. The van der Waals surface area contributed by atoms with E-state index in [-0.39, 0.29) is 0 Å². The van der Waals surface area contributed by atoms with E-state index in [1.807, 2.05) is 6.92 Å². The Morgan fingerprint density at radius 2 is 2.12 bits per heavy atom. The summed E-state index contributed by atoms with van der Waals surface area (Å²) in [4.78, 5) is 8.39. The maximum absolute atomic E-state index is 5.35. The molecule has 16 heavy (non-hydrogen) atoms. The molecule has 1 fully saturated rings. The van der Waals surface area contributed by atoms with Crippen molar-refractivity contribution in [1.82, 2.24) is 9.97 Å². The summed E-state index contributed by atoms with van der Waals surface area (Å²) in [6.07, 6.45) is 5.28. The topological polar surface area (TPSA) is 59.1 Å². The number of ether oxygens (including phenoxy) is 1. The predicted molar refractivity (Wildman–Crippen MR) is 64.0 cm³/mol. The molecule has 5 heteroatoms. The first-order chi connectivity index (χ1) is 7.85. The lowest BCUT2D eigenvalue weighted by atomic mass is 9.93. The van der Waals surface area contributed by atoms with Crippen molar-refractivity contribution in [1.29, 1.82) is 0 Å². The Labute approximate surface area is 95.6 Å². The van der Waals surface area contributed by atoms with Crippen LogP contribution in [0.4, 0.5) is 11.6 Å². The lowest BCUT2D eigenvalue weighted by molar-refractivity contribution is 0.407. The molecule has 1 aromatic heterocycles. The molecule has 5 nitrogen and oxygen atoms in total. The summed E-state index contributed by atoms with van der Waals surface area (Å²) in [5.41, 5.74) is 0. The van der Waals surface area contributed by atoms with Gasteiger partial charge in [-0.05, 0) is 26.2 Å². The quantitative estimate of drug-likeness (QED) is 0.796. The fraction of sp³-hybridized carbons (Fsp3) is 0.636. The van der Waals surface area contributed by atoms with Crippen molar-refractivity contribution in [2.24, 2.45) is 0 Å². The smallest absolute Gasteiger partial charge is 0.204 e. The Balaban J connectivity index is 2.17. The van der Waals surface area contributed by atoms with Crippen LogP contribution in [0.1, 0.15) is 26.2 Å². The lowest BCUT2D eigenvalue weighted by Crippen LogP contribution is -2.27. The van der Waals surface area contributed by atoms with Gasteiger partial charge in [0.1, 0.15) is 6.33 Å². The van der Waals surface area contributed by atoms with E-state index in [0.717, 1.165) is 18.2 Å². The van der Waals surface area contributed by atoms with Crippen molar-refractivity contribution < 1.29 is 4.74 Å². The van der Waals surface area contributed by atoms with Gasteiger partial charge in [-0.25, -0.2) is 9.97 Å². The number of hydrogen-bond acceptors (Lipinski definition) is 5. The first-order valence-electron chi connectivity index (χ1n) is 5.74. The molecular weight excluding hydrogens is 204 g/mol. The second-order valence-corrected chi connectivity index (χ2v) is 3.91. The van der Waals surface area contributed by atoms with E-state index >= 15 is 0 Å². The molecule has 0 radical (unpaired) electrons. The highest BCUT2D eigenvalue weighted by molar-refractivity contribution is 5.63. The summed E-state index contributed by atoms with van der Waals surface area (Å²) in [5.74, 6) is 2.25. The SMILES string of the molecule is CCNc1ncnc(NC2CCC2)c1OC. The fourth-order valence-electron chi connectivity index (χ4n) is 1.71. The summed E-state index contributed by atoms with van der Waals surface area (Å²) in [5, 5.41) is 6.54. The molecule has 1 aromatic rings. The van der Waals surface area contributed by atoms with Gasteiger partial charge in [-0.3, -0.25) is 0 Å². The van der Waals surface area contributed by atoms with Gasteiger partial charge in [-0.1, -0.05) is 0 Å². The van der Waals surface area contributed by atoms with Crippen LogP contribution in [-0.2, 0) is 0 Å². The van der Waals surface area contributed by atoms with Gasteiger partial charge in [-0.15, -0.1) is 0 Å². The number of anilines is 2. The molecule has 1 saturated carbocycles. The van der Waals surface area contributed by atoms with E-state index in [4.69, 9.17) is 4.74 Å². The maximum atomic E-state index is 5.35. The van der Waals surface area contributed by atoms with Crippen LogP contribution in [0.25, 0.3) is 0 Å². The van der Waals surface area contributed by atoms with E-state index in [9.17, 15) is 0 Å². The van der Waals surface area contributed by atoms with Crippen molar-refractivity contribution in [3.8, 4) is 5.75 Å². The van der Waals surface area contributed by atoms with Crippen LogP contribution in [0.5, 0.6) is 5.75 Å². The Hall–Kier alpha value is -1.52. The van der Waals surface area contributed by atoms with Crippen LogP contribution >= 0.6 is 0 Å². The third-order valence-electron chi connectivity index (χ3n) is 2.80. The monoisotopic (exact) mass is 222 g/mol. The summed E-state index contributed by atoms with van der Waals surface area (Å²) < 4.78 is 5.35. The molecule has 0 bridgehead atoms. The van der Waals surface area contributed by atoms with Gasteiger partial charge >= 0.3 is 0 Å². The zero-order valence-electron chi connectivity index (χ0n) is 9.79. The van der Waals surface area contributed by atoms with Crippen molar-refractivity contribution >= 4 is 11.6 Å². The van der Waals surface area contributed by atoms with E-state index in [0.29, 0.717) is 11.8 Å². The minimum absolute atomic E-state index is 0.540. The largest absolute Gasteiger partial charge is 0.490 e. The molecule has 0 atom stereocenters. The average molecular weight is 222 g/mol. The number of rotatable bonds is 5. The Bertz CT molecular complexity index is 352. The number of methoxy groups -OCH3 is 1. The van der Waals surface area contributed by atoms with Gasteiger partial charge in [0.05, 0.1) is 7.11 Å².